The average molecular weight is 429 g/mol. The summed E-state index contributed by atoms with van der Waals surface area (Å²) in [5.41, 5.74) is 0.897. The van der Waals surface area contributed by atoms with Crippen molar-refractivity contribution >= 4 is 29.1 Å². The Morgan fingerprint density at radius 3 is 2.40 bits per heavy atom. The lowest BCUT2D eigenvalue weighted by Gasteiger charge is -2.19. The molecule has 1 aromatic carbocycles. The van der Waals surface area contributed by atoms with Crippen LogP contribution in [0.25, 0.3) is 0 Å². The first-order valence-corrected chi connectivity index (χ1v) is 11.3. The first kappa shape index (κ1) is 22.0. The normalized spacial score (nSPS) is 15.6. The zero-order valence-corrected chi connectivity index (χ0v) is 17.8. The first-order valence-electron chi connectivity index (χ1n) is 10.5. The number of benzene rings is 1. The standard InChI is InChI=1S/C23H28N2O4S/c26-21(24-18-11-6-1-2-7-12-18)16-29-23(28)19(15-17-9-4-3-5-10-17)25-22(27)20-13-8-14-30-20/h3-5,8-10,13-14,18-19H,1-2,6-7,11-12,15-16H2,(H,24,26)(H,25,27). The summed E-state index contributed by atoms with van der Waals surface area (Å²) in [4.78, 5) is 37.9. The van der Waals surface area contributed by atoms with Crippen LogP contribution in [0.5, 0.6) is 0 Å². The van der Waals surface area contributed by atoms with Gasteiger partial charge in [0.2, 0.25) is 0 Å². The number of ether oxygens (including phenoxy) is 1. The van der Waals surface area contributed by atoms with E-state index in [1.165, 1.54) is 24.2 Å². The number of hydrogen-bond acceptors (Lipinski definition) is 5. The number of esters is 1. The zero-order chi connectivity index (χ0) is 21.2. The Hall–Kier alpha value is -2.67. The zero-order valence-electron chi connectivity index (χ0n) is 17.0. The molecule has 30 heavy (non-hydrogen) atoms. The average Bonchev–Trinajstić information content (AvgIpc) is 3.18. The Morgan fingerprint density at radius 1 is 1.00 bits per heavy atom. The molecule has 1 atom stereocenters. The molecule has 1 fully saturated rings. The Bertz CT molecular complexity index is 815. The summed E-state index contributed by atoms with van der Waals surface area (Å²) in [6.45, 7) is -0.338. The monoisotopic (exact) mass is 428 g/mol. The lowest BCUT2D eigenvalue weighted by molar-refractivity contribution is -0.150. The van der Waals surface area contributed by atoms with E-state index in [1.807, 2.05) is 30.3 Å². The fraction of sp³-hybridized carbons (Fsp3) is 0.435. The van der Waals surface area contributed by atoms with Crippen LogP contribution in [0.15, 0.2) is 47.8 Å². The largest absolute Gasteiger partial charge is 0.454 e. The third-order valence-electron chi connectivity index (χ3n) is 5.18. The molecule has 2 amide bonds. The number of nitrogens with one attached hydrogen (secondary N) is 2. The minimum Gasteiger partial charge on any atom is -0.454 e. The van der Waals surface area contributed by atoms with Gasteiger partial charge in [0, 0.05) is 12.5 Å². The molecule has 7 heteroatoms. The molecular formula is C23H28N2O4S. The van der Waals surface area contributed by atoms with Crippen LogP contribution in [-0.4, -0.2) is 36.5 Å². The molecule has 1 saturated carbocycles. The van der Waals surface area contributed by atoms with Crippen molar-refractivity contribution < 1.29 is 19.1 Å². The van der Waals surface area contributed by atoms with E-state index in [2.05, 4.69) is 10.6 Å². The molecule has 0 bridgehead atoms. The van der Waals surface area contributed by atoms with Crippen molar-refractivity contribution in [1.82, 2.24) is 10.6 Å². The number of rotatable bonds is 8. The minimum absolute atomic E-state index is 0.150. The fourth-order valence-electron chi connectivity index (χ4n) is 3.61. The second-order valence-electron chi connectivity index (χ2n) is 7.56. The van der Waals surface area contributed by atoms with E-state index in [1.54, 1.807) is 17.5 Å². The van der Waals surface area contributed by atoms with Crippen molar-refractivity contribution in [2.45, 2.75) is 57.0 Å². The van der Waals surface area contributed by atoms with Gasteiger partial charge in [0.1, 0.15) is 6.04 Å². The van der Waals surface area contributed by atoms with Gasteiger partial charge in [-0.15, -0.1) is 11.3 Å². The molecule has 0 spiro atoms. The molecule has 0 radical (unpaired) electrons. The lowest BCUT2D eigenvalue weighted by Crippen LogP contribution is -2.44. The van der Waals surface area contributed by atoms with Gasteiger partial charge in [-0.25, -0.2) is 4.79 Å². The lowest BCUT2D eigenvalue weighted by atomic mass is 10.1. The fourth-order valence-corrected chi connectivity index (χ4v) is 4.24. The molecule has 1 aliphatic rings. The van der Waals surface area contributed by atoms with Crippen LogP contribution in [-0.2, 0) is 20.7 Å². The summed E-state index contributed by atoms with van der Waals surface area (Å²) < 4.78 is 5.27. The van der Waals surface area contributed by atoms with Crippen molar-refractivity contribution in [3.8, 4) is 0 Å². The van der Waals surface area contributed by atoms with E-state index >= 15 is 0 Å². The number of hydrogen-bond donors (Lipinski definition) is 2. The van der Waals surface area contributed by atoms with Crippen LogP contribution in [0, 0.1) is 0 Å². The molecule has 3 rings (SSSR count). The van der Waals surface area contributed by atoms with E-state index in [0.29, 0.717) is 11.3 Å². The van der Waals surface area contributed by atoms with Crippen molar-refractivity contribution in [2.75, 3.05) is 6.61 Å². The Kier molecular flexibility index (Phi) is 8.44. The third kappa shape index (κ3) is 6.99. The number of amides is 2. The van der Waals surface area contributed by atoms with Crippen LogP contribution >= 0.6 is 11.3 Å². The van der Waals surface area contributed by atoms with Gasteiger partial charge in [0.15, 0.2) is 6.61 Å². The van der Waals surface area contributed by atoms with E-state index in [0.717, 1.165) is 31.2 Å². The maximum atomic E-state index is 12.7. The number of carbonyl (C=O) groups excluding carboxylic acids is 3. The van der Waals surface area contributed by atoms with Crippen LogP contribution < -0.4 is 10.6 Å². The molecule has 160 valence electrons. The van der Waals surface area contributed by atoms with Crippen molar-refractivity contribution in [1.29, 1.82) is 0 Å². The molecule has 2 aromatic rings. The quantitative estimate of drug-likeness (QED) is 0.498. The Balaban J connectivity index is 1.56. The van der Waals surface area contributed by atoms with E-state index < -0.39 is 12.0 Å². The van der Waals surface area contributed by atoms with Crippen molar-refractivity contribution in [3.05, 3.63) is 58.3 Å². The van der Waals surface area contributed by atoms with Crippen LogP contribution in [0.3, 0.4) is 0 Å². The molecule has 1 aromatic heterocycles. The van der Waals surface area contributed by atoms with Crippen LogP contribution in [0.1, 0.15) is 53.8 Å². The summed E-state index contributed by atoms with van der Waals surface area (Å²) in [6.07, 6.45) is 6.84. The van der Waals surface area contributed by atoms with Crippen LogP contribution in [0.4, 0.5) is 0 Å². The summed E-state index contributed by atoms with van der Waals surface area (Å²) in [7, 11) is 0. The van der Waals surface area contributed by atoms with Crippen LogP contribution in [0.2, 0.25) is 0 Å². The number of carbonyl (C=O) groups is 3. The van der Waals surface area contributed by atoms with Gasteiger partial charge >= 0.3 is 5.97 Å². The van der Waals surface area contributed by atoms with E-state index in [4.69, 9.17) is 4.74 Å². The summed E-state index contributed by atoms with van der Waals surface area (Å²) >= 11 is 1.30. The molecule has 0 aliphatic heterocycles. The summed E-state index contributed by atoms with van der Waals surface area (Å²) in [5.74, 6) is -1.23. The van der Waals surface area contributed by atoms with E-state index in [9.17, 15) is 14.4 Å². The Morgan fingerprint density at radius 2 is 1.73 bits per heavy atom. The van der Waals surface area contributed by atoms with Gasteiger partial charge in [-0.3, -0.25) is 9.59 Å². The highest BCUT2D eigenvalue weighted by Crippen LogP contribution is 2.17. The van der Waals surface area contributed by atoms with Gasteiger partial charge in [-0.05, 0) is 29.9 Å². The molecule has 0 saturated heterocycles. The highest BCUT2D eigenvalue weighted by Gasteiger charge is 2.25. The predicted octanol–water partition coefficient (Wildman–Crippen LogP) is 3.47. The predicted molar refractivity (Wildman–Crippen MR) is 116 cm³/mol. The summed E-state index contributed by atoms with van der Waals surface area (Å²) in [5, 5.41) is 7.51. The molecule has 1 aliphatic carbocycles. The number of thiophene rings is 1. The third-order valence-corrected chi connectivity index (χ3v) is 6.05. The van der Waals surface area contributed by atoms with Gasteiger partial charge in [-0.2, -0.15) is 0 Å². The van der Waals surface area contributed by atoms with Crippen molar-refractivity contribution in [3.63, 3.8) is 0 Å². The maximum absolute atomic E-state index is 12.7. The molecule has 1 heterocycles. The van der Waals surface area contributed by atoms with Gasteiger partial charge in [0.05, 0.1) is 4.88 Å². The van der Waals surface area contributed by atoms with E-state index in [-0.39, 0.29) is 24.5 Å². The van der Waals surface area contributed by atoms with Gasteiger partial charge < -0.3 is 15.4 Å². The highest BCUT2D eigenvalue weighted by atomic mass is 32.1. The minimum atomic E-state index is -0.868. The Labute approximate surface area is 181 Å². The molecule has 2 N–H and O–H groups in total. The first-order chi connectivity index (χ1) is 14.6. The second kappa shape index (κ2) is 11.5. The topological polar surface area (TPSA) is 84.5 Å². The second-order valence-corrected chi connectivity index (χ2v) is 8.50. The smallest absolute Gasteiger partial charge is 0.329 e. The highest BCUT2D eigenvalue weighted by molar-refractivity contribution is 7.12. The molecule has 1 unspecified atom stereocenters. The van der Waals surface area contributed by atoms with Gasteiger partial charge in [-0.1, -0.05) is 62.1 Å². The molecule has 6 nitrogen and oxygen atoms in total. The SMILES string of the molecule is O=C(COC(=O)C(Cc1ccccc1)NC(=O)c1cccs1)NC1CCCCCC1. The molecular weight excluding hydrogens is 400 g/mol. The van der Waals surface area contributed by atoms with Gasteiger partial charge in [0.25, 0.3) is 11.8 Å². The van der Waals surface area contributed by atoms with Crippen molar-refractivity contribution in [2.24, 2.45) is 0 Å². The summed E-state index contributed by atoms with van der Waals surface area (Å²) in [6, 6.07) is 12.2. The maximum Gasteiger partial charge on any atom is 0.329 e.